The second kappa shape index (κ2) is 5.35. The topological polar surface area (TPSA) is 20.2 Å². The first-order valence-electron chi connectivity index (χ1n) is 6.63. The quantitative estimate of drug-likeness (QED) is 0.705. The summed E-state index contributed by atoms with van der Waals surface area (Å²) in [6.07, 6.45) is 10.1. The van der Waals surface area contributed by atoms with Crippen LogP contribution < -0.4 is 0 Å². The van der Waals surface area contributed by atoms with E-state index in [0.717, 1.165) is 12.0 Å². The average molecular weight is 224 g/mol. The molecule has 0 radical (unpaired) electrons. The molecule has 0 aromatic heterocycles. The van der Waals surface area contributed by atoms with Gasteiger partial charge in [0, 0.05) is 0 Å². The van der Waals surface area contributed by atoms with Crippen LogP contribution in [0.4, 0.5) is 0 Å². The highest BCUT2D eigenvalue weighted by Gasteiger charge is 2.35. The van der Waals surface area contributed by atoms with Gasteiger partial charge < -0.3 is 5.11 Å². The van der Waals surface area contributed by atoms with E-state index in [0.29, 0.717) is 10.8 Å². The molecule has 0 amide bonds. The number of hydrogen-bond acceptors (Lipinski definition) is 1. The lowest BCUT2D eigenvalue weighted by atomic mass is 9.63. The molecule has 0 aromatic rings. The Morgan fingerprint density at radius 3 is 2.50 bits per heavy atom. The Morgan fingerprint density at radius 1 is 1.25 bits per heavy atom. The standard InChI is InChI=1S/C15H28O/c1-13(11-16)7-5-9-15(4)10-6-8-14(2,3)12-15/h7,16H,5-6,8-12H2,1-4H3/b13-7+. The van der Waals surface area contributed by atoms with Gasteiger partial charge in [0.25, 0.3) is 0 Å². The van der Waals surface area contributed by atoms with Gasteiger partial charge in [0.15, 0.2) is 0 Å². The molecule has 1 atom stereocenters. The highest BCUT2D eigenvalue weighted by molar-refractivity contribution is 4.99. The van der Waals surface area contributed by atoms with E-state index in [1.807, 2.05) is 6.92 Å². The smallest absolute Gasteiger partial charge is 0.0639 e. The SMILES string of the molecule is C/C(=C\CCC1(C)CCCC(C)(C)C1)CO. The van der Waals surface area contributed by atoms with Crippen molar-refractivity contribution >= 4 is 0 Å². The molecule has 0 heterocycles. The van der Waals surface area contributed by atoms with Gasteiger partial charge in [-0.25, -0.2) is 0 Å². The lowest BCUT2D eigenvalue weighted by Gasteiger charge is -2.43. The fourth-order valence-corrected chi connectivity index (χ4v) is 3.27. The lowest BCUT2D eigenvalue weighted by Crippen LogP contribution is -2.30. The highest BCUT2D eigenvalue weighted by atomic mass is 16.3. The third kappa shape index (κ3) is 4.29. The van der Waals surface area contributed by atoms with Gasteiger partial charge in [-0.15, -0.1) is 0 Å². The molecule has 16 heavy (non-hydrogen) atoms. The van der Waals surface area contributed by atoms with Crippen LogP contribution in [-0.4, -0.2) is 11.7 Å². The van der Waals surface area contributed by atoms with Gasteiger partial charge in [0.1, 0.15) is 0 Å². The summed E-state index contributed by atoms with van der Waals surface area (Å²) in [5, 5.41) is 8.95. The Morgan fingerprint density at radius 2 is 1.94 bits per heavy atom. The third-order valence-corrected chi connectivity index (χ3v) is 4.03. The molecule has 0 aromatic carbocycles. The van der Waals surface area contributed by atoms with Crippen LogP contribution in [0.3, 0.4) is 0 Å². The van der Waals surface area contributed by atoms with Crippen molar-refractivity contribution < 1.29 is 5.11 Å². The summed E-state index contributed by atoms with van der Waals surface area (Å²) in [5.41, 5.74) is 2.16. The van der Waals surface area contributed by atoms with E-state index < -0.39 is 0 Å². The number of aliphatic hydroxyl groups excluding tert-OH is 1. The van der Waals surface area contributed by atoms with E-state index in [9.17, 15) is 0 Å². The van der Waals surface area contributed by atoms with E-state index in [1.165, 1.54) is 32.1 Å². The normalized spacial score (nSPS) is 30.4. The molecule has 1 nitrogen and oxygen atoms in total. The first-order valence-corrected chi connectivity index (χ1v) is 6.63. The number of allylic oxidation sites excluding steroid dienone is 1. The fraction of sp³-hybridized carbons (Fsp3) is 0.867. The second-order valence-electron chi connectivity index (χ2n) is 6.75. The number of aliphatic hydroxyl groups is 1. The van der Waals surface area contributed by atoms with E-state index in [1.54, 1.807) is 0 Å². The minimum atomic E-state index is 0.211. The minimum absolute atomic E-state index is 0.211. The number of rotatable bonds is 4. The van der Waals surface area contributed by atoms with Crippen molar-refractivity contribution in [2.24, 2.45) is 10.8 Å². The summed E-state index contributed by atoms with van der Waals surface area (Å²) in [6.45, 7) is 9.46. The van der Waals surface area contributed by atoms with Crippen molar-refractivity contribution in [1.82, 2.24) is 0 Å². The molecule has 1 rings (SSSR count). The summed E-state index contributed by atoms with van der Waals surface area (Å²) in [4.78, 5) is 0. The van der Waals surface area contributed by atoms with Crippen LogP contribution in [0.25, 0.3) is 0 Å². The molecular formula is C15H28O. The fourth-order valence-electron chi connectivity index (χ4n) is 3.27. The average Bonchev–Trinajstić information content (AvgIpc) is 2.15. The highest BCUT2D eigenvalue weighted by Crippen LogP contribution is 2.48. The molecule has 0 bridgehead atoms. The maximum atomic E-state index is 8.95. The molecule has 1 N–H and O–H groups in total. The van der Waals surface area contributed by atoms with E-state index in [2.05, 4.69) is 26.8 Å². The Kier molecular flexibility index (Phi) is 4.61. The predicted molar refractivity (Wildman–Crippen MR) is 70.4 cm³/mol. The Balaban J connectivity index is 2.46. The maximum Gasteiger partial charge on any atom is 0.0639 e. The van der Waals surface area contributed by atoms with Crippen molar-refractivity contribution in [3.63, 3.8) is 0 Å². The van der Waals surface area contributed by atoms with E-state index in [-0.39, 0.29) is 6.61 Å². The maximum absolute atomic E-state index is 8.95. The Bertz CT molecular complexity index is 252. The molecule has 0 saturated heterocycles. The van der Waals surface area contributed by atoms with Crippen LogP contribution in [0.5, 0.6) is 0 Å². The van der Waals surface area contributed by atoms with Gasteiger partial charge in [-0.3, -0.25) is 0 Å². The molecule has 1 unspecified atom stereocenters. The van der Waals surface area contributed by atoms with Crippen LogP contribution in [-0.2, 0) is 0 Å². The van der Waals surface area contributed by atoms with Crippen LogP contribution in [0, 0.1) is 10.8 Å². The summed E-state index contributed by atoms with van der Waals surface area (Å²) >= 11 is 0. The molecular weight excluding hydrogens is 196 g/mol. The zero-order valence-corrected chi connectivity index (χ0v) is 11.5. The number of hydrogen-bond donors (Lipinski definition) is 1. The van der Waals surface area contributed by atoms with Gasteiger partial charge in [-0.05, 0) is 49.9 Å². The lowest BCUT2D eigenvalue weighted by molar-refractivity contribution is 0.0919. The summed E-state index contributed by atoms with van der Waals surface area (Å²) in [7, 11) is 0. The summed E-state index contributed by atoms with van der Waals surface area (Å²) in [6, 6.07) is 0. The molecule has 1 fully saturated rings. The van der Waals surface area contributed by atoms with Crippen LogP contribution in [0.15, 0.2) is 11.6 Å². The van der Waals surface area contributed by atoms with Crippen molar-refractivity contribution in [2.45, 2.75) is 66.2 Å². The van der Waals surface area contributed by atoms with Gasteiger partial charge in [-0.1, -0.05) is 38.8 Å². The predicted octanol–water partition coefficient (Wildman–Crippen LogP) is 4.31. The first-order chi connectivity index (χ1) is 7.37. The van der Waals surface area contributed by atoms with Gasteiger partial charge in [-0.2, -0.15) is 0 Å². The second-order valence-corrected chi connectivity index (χ2v) is 6.75. The Hall–Kier alpha value is -0.300. The molecule has 0 aliphatic heterocycles. The zero-order valence-electron chi connectivity index (χ0n) is 11.5. The Labute approximate surface area is 101 Å². The van der Waals surface area contributed by atoms with Gasteiger partial charge >= 0.3 is 0 Å². The molecule has 1 saturated carbocycles. The summed E-state index contributed by atoms with van der Waals surface area (Å²) < 4.78 is 0. The van der Waals surface area contributed by atoms with E-state index in [4.69, 9.17) is 5.11 Å². The first kappa shape index (κ1) is 13.8. The van der Waals surface area contributed by atoms with Crippen molar-refractivity contribution in [2.75, 3.05) is 6.61 Å². The summed E-state index contributed by atoms with van der Waals surface area (Å²) in [5.74, 6) is 0. The van der Waals surface area contributed by atoms with Gasteiger partial charge in [0.2, 0.25) is 0 Å². The van der Waals surface area contributed by atoms with Crippen LogP contribution >= 0.6 is 0 Å². The van der Waals surface area contributed by atoms with Crippen molar-refractivity contribution in [3.05, 3.63) is 11.6 Å². The van der Waals surface area contributed by atoms with Gasteiger partial charge in [0.05, 0.1) is 6.61 Å². The monoisotopic (exact) mass is 224 g/mol. The molecule has 0 spiro atoms. The van der Waals surface area contributed by atoms with Crippen LogP contribution in [0.2, 0.25) is 0 Å². The van der Waals surface area contributed by atoms with E-state index >= 15 is 0 Å². The molecule has 1 aliphatic carbocycles. The molecule has 94 valence electrons. The molecule has 1 aliphatic rings. The third-order valence-electron chi connectivity index (χ3n) is 4.03. The minimum Gasteiger partial charge on any atom is -0.392 e. The van der Waals surface area contributed by atoms with Crippen molar-refractivity contribution in [3.8, 4) is 0 Å². The van der Waals surface area contributed by atoms with Crippen LogP contribution in [0.1, 0.15) is 66.2 Å². The zero-order chi connectivity index (χ0) is 12.2. The largest absolute Gasteiger partial charge is 0.392 e. The molecule has 1 heteroatoms. The van der Waals surface area contributed by atoms with Crippen molar-refractivity contribution in [1.29, 1.82) is 0 Å².